The minimum absolute atomic E-state index is 0.160. The molecule has 0 bridgehead atoms. The first kappa shape index (κ1) is 15.8. The Morgan fingerprint density at radius 1 is 1.30 bits per heavy atom. The number of hydrogen-bond acceptors (Lipinski definition) is 5. The van der Waals surface area contributed by atoms with E-state index < -0.39 is 0 Å². The van der Waals surface area contributed by atoms with Gasteiger partial charge in [0.15, 0.2) is 0 Å². The van der Waals surface area contributed by atoms with Crippen molar-refractivity contribution in [3.8, 4) is 11.4 Å². The van der Waals surface area contributed by atoms with Crippen LogP contribution in [0.15, 0.2) is 28.8 Å². The molecule has 1 aromatic heterocycles. The van der Waals surface area contributed by atoms with Crippen LogP contribution in [0.3, 0.4) is 0 Å². The lowest BCUT2D eigenvalue weighted by atomic mass is 10.2. The van der Waals surface area contributed by atoms with Gasteiger partial charge in [0.25, 0.3) is 0 Å². The van der Waals surface area contributed by atoms with E-state index in [2.05, 4.69) is 15.5 Å². The van der Waals surface area contributed by atoms with Gasteiger partial charge >= 0.3 is 6.03 Å². The molecule has 2 heterocycles. The maximum Gasteiger partial charge on any atom is 0.318 e. The van der Waals surface area contributed by atoms with Gasteiger partial charge in [-0.1, -0.05) is 16.8 Å². The van der Waals surface area contributed by atoms with Crippen LogP contribution < -0.4 is 5.32 Å². The molecule has 3 rings (SSSR count). The Kier molecular flexibility index (Phi) is 4.78. The number of halogens is 1. The second-order valence-corrected chi connectivity index (χ2v) is 5.67. The predicted molar refractivity (Wildman–Crippen MR) is 84.1 cm³/mol. The van der Waals surface area contributed by atoms with Crippen molar-refractivity contribution in [1.29, 1.82) is 0 Å². The van der Waals surface area contributed by atoms with E-state index in [1.807, 2.05) is 12.1 Å². The highest BCUT2D eigenvalue weighted by molar-refractivity contribution is 6.30. The summed E-state index contributed by atoms with van der Waals surface area (Å²) in [6.07, 6.45) is 0. The Labute approximate surface area is 138 Å². The molecule has 1 atom stereocenters. The molecule has 1 aromatic carbocycles. The molecule has 0 radical (unpaired) electrons. The van der Waals surface area contributed by atoms with Crippen LogP contribution in [0, 0.1) is 0 Å². The molecule has 1 saturated heterocycles. The van der Waals surface area contributed by atoms with Crippen molar-refractivity contribution in [1.82, 2.24) is 20.4 Å². The van der Waals surface area contributed by atoms with Crippen LogP contribution in [-0.2, 0) is 4.74 Å². The average molecular weight is 337 g/mol. The van der Waals surface area contributed by atoms with Gasteiger partial charge in [0.1, 0.15) is 6.04 Å². The fraction of sp³-hybridized carbons (Fsp3) is 0.400. The number of rotatable bonds is 3. The van der Waals surface area contributed by atoms with Gasteiger partial charge in [-0.05, 0) is 31.2 Å². The number of hydrogen-bond donors (Lipinski definition) is 1. The van der Waals surface area contributed by atoms with Crippen molar-refractivity contribution in [2.45, 2.75) is 13.0 Å². The van der Waals surface area contributed by atoms with E-state index in [0.29, 0.717) is 43.0 Å². The quantitative estimate of drug-likeness (QED) is 0.931. The number of benzene rings is 1. The van der Waals surface area contributed by atoms with Gasteiger partial charge < -0.3 is 19.5 Å². The maximum atomic E-state index is 12.2. The fourth-order valence-corrected chi connectivity index (χ4v) is 2.36. The summed E-state index contributed by atoms with van der Waals surface area (Å²) in [5.74, 6) is 0.820. The summed E-state index contributed by atoms with van der Waals surface area (Å²) >= 11 is 5.86. The SMILES string of the molecule is C[C@H](NC(=O)N1CCOCC1)c1nc(-c2ccc(Cl)cc2)no1. The molecule has 2 amide bonds. The first-order valence-electron chi connectivity index (χ1n) is 7.36. The van der Waals surface area contributed by atoms with Crippen LogP contribution in [0.5, 0.6) is 0 Å². The Balaban J connectivity index is 1.64. The maximum absolute atomic E-state index is 12.2. The average Bonchev–Trinajstić information content (AvgIpc) is 3.06. The van der Waals surface area contributed by atoms with Crippen LogP contribution in [0.4, 0.5) is 4.79 Å². The number of ether oxygens (including phenoxy) is 1. The first-order chi connectivity index (χ1) is 11.1. The van der Waals surface area contributed by atoms with E-state index in [4.69, 9.17) is 20.9 Å². The molecule has 23 heavy (non-hydrogen) atoms. The molecule has 1 aliphatic rings. The summed E-state index contributed by atoms with van der Waals surface area (Å²) in [7, 11) is 0. The van der Waals surface area contributed by atoms with E-state index in [-0.39, 0.29) is 12.1 Å². The second kappa shape index (κ2) is 6.97. The highest BCUT2D eigenvalue weighted by Crippen LogP contribution is 2.20. The summed E-state index contributed by atoms with van der Waals surface area (Å²) in [4.78, 5) is 18.2. The molecule has 122 valence electrons. The topological polar surface area (TPSA) is 80.5 Å². The lowest BCUT2D eigenvalue weighted by molar-refractivity contribution is 0.0523. The first-order valence-corrected chi connectivity index (χ1v) is 7.74. The largest absolute Gasteiger partial charge is 0.378 e. The standard InChI is InChI=1S/C15H17ClN4O3/c1-10(17-15(21)20-6-8-22-9-7-20)14-18-13(19-23-14)11-2-4-12(16)5-3-11/h2-5,10H,6-9H2,1H3,(H,17,21)/t10-/m0/s1. The Hall–Kier alpha value is -2.12. The summed E-state index contributed by atoms with van der Waals surface area (Å²) < 4.78 is 10.5. The summed E-state index contributed by atoms with van der Waals surface area (Å²) in [6, 6.07) is 6.61. The van der Waals surface area contributed by atoms with Gasteiger partial charge in [0.05, 0.1) is 13.2 Å². The second-order valence-electron chi connectivity index (χ2n) is 5.23. The third kappa shape index (κ3) is 3.80. The van der Waals surface area contributed by atoms with Crippen LogP contribution in [0.1, 0.15) is 18.9 Å². The summed E-state index contributed by atoms with van der Waals surface area (Å²) in [6.45, 7) is 4.08. The van der Waals surface area contributed by atoms with Crippen LogP contribution in [0.2, 0.25) is 5.02 Å². The minimum atomic E-state index is -0.376. The van der Waals surface area contributed by atoms with E-state index in [9.17, 15) is 4.79 Å². The van der Waals surface area contributed by atoms with Crippen LogP contribution >= 0.6 is 11.6 Å². The van der Waals surface area contributed by atoms with Crippen molar-refractivity contribution in [2.24, 2.45) is 0 Å². The molecular weight excluding hydrogens is 320 g/mol. The predicted octanol–water partition coefficient (Wildman–Crippen LogP) is 2.49. The minimum Gasteiger partial charge on any atom is -0.378 e. The lowest BCUT2D eigenvalue weighted by Gasteiger charge is -2.27. The smallest absolute Gasteiger partial charge is 0.318 e. The number of morpholine rings is 1. The van der Waals surface area contributed by atoms with E-state index >= 15 is 0 Å². The highest BCUT2D eigenvalue weighted by atomic mass is 35.5. The fourth-order valence-electron chi connectivity index (χ4n) is 2.23. The van der Waals surface area contributed by atoms with Gasteiger partial charge in [-0.25, -0.2) is 4.79 Å². The third-order valence-electron chi connectivity index (χ3n) is 3.55. The highest BCUT2D eigenvalue weighted by Gasteiger charge is 2.22. The van der Waals surface area contributed by atoms with E-state index in [1.54, 1.807) is 24.0 Å². The zero-order valence-electron chi connectivity index (χ0n) is 12.7. The van der Waals surface area contributed by atoms with Crippen LogP contribution in [0.25, 0.3) is 11.4 Å². The number of carbonyl (C=O) groups is 1. The van der Waals surface area contributed by atoms with Gasteiger partial charge in [-0.2, -0.15) is 4.98 Å². The molecule has 1 aliphatic heterocycles. The van der Waals surface area contributed by atoms with Crippen LogP contribution in [-0.4, -0.2) is 47.4 Å². The summed E-state index contributed by atoms with van der Waals surface area (Å²) in [5, 5.41) is 7.44. The zero-order chi connectivity index (χ0) is 16.2. The molecule has 0 spiro atoms. The number of nitrogens with one attached hydrogen (secondary N) is 1. The Morgan fingerprint density at radius 2 is 2.00 bits per heavy atom. The normalized spacial score (nSPS) is 16.2. The van der Waals surface area contributed by atoms with Gasteiger partial charge in [0.2, 0.25) is 11.7 Å². The Bertz CT molecular complexity index is 668. The van der Waals surface area contributed by atoms with E-state index in [0.717, 1.165) is 5.56 Å². The number of urea groups is 1. The molecule has 8 heteroatoms. The van der Waals surface area contributed by atoms with Crippen molar-refractivity contribution in [3.63, 3.8) is 0 Å². The van der Waals surface area contributed by atoms with Crippen molar-refractivity contribution >= 4 is 17.6 Å². The number of carbonyl (C=O) groups excluding carboxylic acids is 1. The molecule has 1 N–H and O–H groups in total. The molecule has 2 aromatic rings. The van der Waals surface area contributed by atoms with Gasteiger partial charge in [-0.15, -0.1) is 0 Å². The lowest BCUT2D eigenvalue weighted by Crippen LogP contribution is -2.46. The monoisotopic (exact) mass is 336 g/mol. The molecular formula is C15H17ClN4O3. The number of nitrogens with zero attached hydrogens (tertiary/aromatic N) is 3. The number of aromatic nitrogens is 2. The molecule has 0 unspecified atom stereocenters. The molecule has 0 saturated carbocycles. The summed E-state index contributed by atoms with van der Waals surface area (Å²) in [5.41, 5.74) is 0.802. The third-order valence-corrected chi connectivity index (χ3v) is 3.80. The van der Waals surface area contributed by atoms with Crippen molar-refractivity contribution in [2.75, 3.05) is 26.3 Å². The molecule has 0 aliphatic carbocycles. The number of amides is 2. The van der Waals surface area contributed by atoms with Gasteiger partial charge in [-0.3, -0.25) is 0 Å². The van der Waals surface area contributed by atoms with E-state index in [1.165, 1.54) is 0 Å². The van der Waals surface area contributed by atoms with Crippen molar-refractivity contribution in [3.05, 3.63) is 35.2 Å². The van der Waals surface area contributed by atoms with Gasteiger partial charge in [0, 0.05) is 23.7 Å². The molecule has 7 nitrogen and oxygen atoms in total. The molecule has 1 fully saturated rings. The van der Waals surface area contributed by atoms with Crippen molar-refractivity contribution < 1.29 is 14.1 Å². The zero-order valence-corrected chi connectivity index (χ0v) is 13.4. The Morgan fingerprint density at radius 3 is 2.70 bits per heavy atom.